The van der Waals surface area contributed by atoms with Crippen molar-refractivity contribution in [3.05, 3.63) is 16.4 Å². The van der Waals surface area contributed by atoms with E-state index in [0.29, 0.717) is 0 Å². The van der Waals surface area contributed by atoms with Gasteiger partial charge >= 0.3 is 6.18 Å². The Morgan fingerprint density at radius 2 is 2.00 bits per heavy atom. The first kappa shape index (κ1) is 13.3. The number of hydrogen-bond donors (Lipinski definition) is 1. The number of halogens is 5. The van der Waals surface area contributed by atoms with Gasteiger partial charge in [-0.15, -0.1) is 10.2 Å². The van der Waals surface area contributed by atoms with Crippen LogP contribution in [-0.4, -0.2) is 22.4 Å². The van der Waals surface area contributed by atoms with E-state index in [2.05, 4.69) is 15.5 Å². The molecule has 0 aliphatic carbocycles. The molecule has 0 saturated heterocycles. The summed E-state index contributed by atoms with van der Waals surface area (Å²) in [5, 5.41) is 9.52. The standard InChI is InChI=1S/C8H8Cl2F3N3/c1-4(3-8(11,12)13)14-5-2-6(9)15-16-7(5)10/h2,4H,3H2,1H3,(H,14,15). The van der Waals surface area contributed by atoms with Gasteiger partial charge in [-0.05, 0) is 6.92 Å². The van der Waals surface area contributed by atoms with Gasteiger partial charge in [-0.1, -0.05) is 23.2 Å². The fraction of sp³-hybridized carbons (Fsp3) is 0.500. The van der Waals surface area contributed by atoms with E-state index in [0.717, 1.165) is 0 Å². The minimum absolute atomic E-state index is 0.0153. The van der Waals surface area contributed by atoms with Crippen molar-refractivity contribution in [3.8, 4) is 0 Å². The molecule has 0 fully saturated rings. The Bertz CT molecular complexity index is 370. The number of hydrogen-bond acceptors (Lipinski definition) is 3. The molecule has 0 aliphatic heterocycles. The Morgan fingerprint density at radius 1 is 1.38 bits per heavy atom. The molecule has 1 unspecified atom stereocenters. The third-order valence-electron chi connectivity index (χ3n) is 1.66. The van der Waals surface area contributed by atoms with Crippen molar-refractivity contribution in [1.29, 1.82) is 0 Å². The molecule has 8 heteroatoms. The van der Waals surface area contributed by atoms with Gasteiger partial charge in [0, 0.05) is 12.1 Å². The summed E-state index contributed by atoms with van der Waals surface area (Å²) in [5.74, 6) is 0. The normalized spacial score (nSPS) is 13.6. The maximum Gasteiger partial charge on any atom is 0.391 e. The quantitative estimate of drug-likeness (QED) is 0.916. The molecule has 0 bridgehead atoms. The lowest BCUT2D eigenvalue weighted by atomic mass is 10.2. The van der Waals surface area contributed by atoms with E-state index < -0.39 is 18.6 Å². The van der Waals surface area contributed by atoms with Crippen LogP contribution in [0.25, 0.3) is 0 Å². The van der Waals surface area contributed by atoms with E-state index >= 15 is 0 Å². The largest absolute Gasteiger partial charge is 0.391 e. The van der Waals surface area contributed by atoms with Crippen LogP contribution in [0.15, 0.2) is 6.07 Å². The zero-order valence-electron chi connectivity index (χ0n) is 8.15. The Labute approximate surface area is 100.0 Å². The van der Waals surface area contributed by atoms with Crippen molar-refractivity contribution in [3.63, 3.8) is 0 Å². The van der Waals surface area contributed by atoms with Crippen LogP contribution in [0.3, 0.4) is 0 Å². The smallest absolute Gasteiger partial charge is 0.380 e. The Hall–Kier alpha value is -0.750. The average molecular weight is 274 g/mol. The average Bonchev–Trinajstić information content (AvgIpc) is 2.08. The third-order valence-corrected chi connectivity index (χ3v) is 2.12. The van der Waals surface area contributed by atoms with E-state index in [1.807, 2.05) is 0 Å². The predicted octanol–water partition coefficient (Wildman–Crippen LogP) is 3.54. The molecular formula is C8H8Cl2F3N3. The number of anilines is 1. The molecule has 1 rings (SSSR count). The fourth-order valence-electron chi connectivity index (χ4n) is 1.12. The van der Waals surface area contributed by atoms with Crippen molar-refractivity contribution >= 4 is 28.9 Å². The second-order valence-corrected chi connectivity index (χ2v) is 3.98. The number of aromatic nitrogens is 2. The van der Waals surface area contributed by atoms with Crippen LogP contribution in [0, 0.1) is 0 Å². The van der Waals surface area contributed by atoms with Crippen LogP contribution in [0.1, 0.15) is 13.3 Å². The first-order valence-electron chi connectivity index (χ1n) is 4.30. The van der Waals surface area contributed by atoms with Crippen LogP contribution in [0.2, 0.25) is 10.3 Å². The van der Waals surface area contributed by atoms with Crippen LogP contribution in [-0.2, 0) is 0 Å². The highest BCUT2D eigenvalue weighted by atomic mass is 35.5. The lowest BCUT2D eigenvalue weighted by Crippen LogP contribution is -2.24. The highest BCUT2D eigenvalue weighted by molar-refractivity contribution is 6.33. The van der Waals surface area contributed by atoms with E-state index in [9.17, 15) is 13.2 Å². The van der Waals surface area contributed by atoms with Gasteiger partial charge in [-0.25, -0.2) is 0 Å². The number of rotatable bonds is 3. The topological polar surface area (TPSA) is 37.8 Å². The van der Waals surface area contributed by atoms with Crippen LogP contribution < -0.4 is 5.32 Å². The summed E-state index contributed by atoms with van der Waals surface area (Å²) in [6.45, 7) is 1.39. The number of alkyl halides is 3. The van der Waals surface area contributed by atoms with Crippen LogP contribution >= 0.6 is 23.2 Å². The van der Waals surface area contributed by atoms with E-state index in [1.54, 1.807) is 0 Å². The summed E-state index contributed by atoms with van der Waals surface area (Å²) in [7, 11) is 0. The molecule has 1 aromatic heterocycles. The minimum Gasteiger partial charge on any atom is -0.380 e. The summed E-state index contributed by atoms with van der Waals surface area (Å²) in [6.07, 6.45) is -5.20. The molecule has 1 aromatic rings. The molecule has 0 saturated carbocycles. The first-order valence-corrected chi connectivity index (χ1v) is 5.05. The van der Waals surface area contributed by atoms with Crippen molar-refractivity contribution in [1.82, 2.24) is 10.2 Å². The van der Waals surface area contributed by atoms with E-state index in [1.165, 1.54) is 13.0 Å². The first-order chi connectivity index (χ1) is 7.28. The Morgan fingerprint density at radius 3 is 2.56 bits per heavy atom. The summed E-state index contributed by atoms with van der Waals surface area (Å²) in [4.78, 5) is 0. The molecule has 0 aromatic carbocycles. The summed E-state index contributed by atoms with van der Waals surface area (Å²) < 4.78 is 36.2. The second-order valence-electron chi connectivity index (χ2n) is 3.24. The lowest BCUT2D eigenvalue weighted by Gasteiger charge is -2.17. The molecule has 90 valence electrons. The van der Waals surface area contributed by atoms with Gasteiger partial charge in [0.1, 0.15) is 0 Å². The van der Waals surface area contributed by atoms with Crippen molar-refractivity contribution in [2.75, 3.05) is 5.32 Å². The highest BCUT2D eigenvalue weighted by Gasteiger charge is 2.30. The lowest BCUT2D eigenvalue weighted by molar-refractivity contribution is -0.136. The maximum atomic E-state index is 12.1. The van der Waals surface area contributed by atoms with Crippen LogP contribution in [0.5, 0.6) is 0 Å². The summed E-state index contributed by atoms with van der Waals surface area (Å²) in [6, 6.07) is 0.502. The van der Waals surface area contributed by atoms with Gasteiger partial charge < -0.3 is 5.32 Å². The van der Waals surface area contributed by atoms with Crippen molar-refractivity contribution < 1.29 is 13.2 Å². The summed E-state index contributed by atoms with van der Waals surface area (Å²) >= 11 is 11.2. The van der Waals surface area contributed by atoms with Crippen molar-refractivity contribution in [2.24, 2.45) is 0 Å². The molecule has 0 spiro atoms. The fourth-order valence-corrected chi connectivity index (χ4v) is 1.41. The molecule has 0 radical (unpaired) electrons. The highest BCUT2D eigenvalue weighted by Crippen LogP contribution is 2.26. The maximum absolute atomic E-state index is 12.1. The van der Waals surface area contributed by atoms with Gasteiger partial charge in [0.15, 0.2) is 10.3 Å². The molecule has 1 heterocycles. The third kappa shape index (κ3) is 4.40. The monoisotopic (exact) mass is 273 g/mol. The van der Waals surface area contributed by atoms with Gasteiger partial charge in [0.25, 0.3) is 0 Å². The second kappa shape index (κ2) is 5.05. The molecular weight excluding hydrogens is 266 g/mol. The zero-order chi connectivity index (χ0) is 12.3. The predicted molar refractivity (Wildman–Crippen MR) is 55.8 cm³/mol. The molecule has 0 amide bonds. The molecule has 1 atom stereocenters. The number of nitrogens with one attached hydrogen (secondary N) is 1. The van der Waals surface area contributed by atoms with E-state index in [4.69, 9.17) is 23.2 Å². The van der Waals surface area contributed by atoms with Crippen LogP contribution in [0.4, 0.5) is 18.9 Å². The number of nitrogens with zero attached hydrogens (tertiary/aromatic N) is 2. The van der Waals surface area contributed by atoms with Gasteiger partial charge in [-0.2, -0.15) is 13.2 Å². The molecule has 1 N–H and O–H groups in total. The van der Waals surface area contributed by atoms with E-state index in [-0.39, 0.29) is 16.0 Å². The SMILES string of the molecule is CC(CC(F)(F)F)Nc1cc(Cl)nnc1Cl. The van der Waals surface area contributed by atoms with Gasteiger partial charge in [0.2, 0.25) is 0 Å². The van der Waals surface area contributed by atoms with Gasteiger partial charge in [0.05, 0.1) is 12.1 Å². The summed E-state index contributed by atoms with van der Waals surface area (Å²) in [5.41, 5.74) is 0.235. The minimum atomic E-state index is -4.23. The van der Waals surface area contributed by atoms with Gasteiger partial charge in [-0.3, -0.25) is 0 Å². The Balaban J connectivity index is 2.69. The zero-order valence-corrected chi connectivity index (χ0v) is 9.66. The molecule has 16 heavy (non-hydrogen) atoms. The Kier molecular flexibility index (Phi) is 4.21. The molecule has 3 nitrogen and oxygen atoms in total. The van der Waals surface area contributed by atoms with Crippen molar-refractivity contribution in [2.45, 2.75) is 25.6 Å². The molecule has 0 aliphatic rings.